The van der Waals surface area contributed by atoms with Crippen LogP contribution >= 0.6 is 0 Å². The summed E-state index contributed by atoms with van der Waals surface area (Å²) in [7, 11) is 1.62. The van der Waals surface area contributed by atoms with Crippen LogP contribution in [0.3, 0.4) is 0 Å². The number of aliphatic hydroxyl groups is 1. The number of nitrogens with zero attached hydrogens (tertiary/aromatic N) is 2. The molecule has 4 rings (SSSR count). The van der Waals surface area contributed by atoms with Crippen LogP contribution in [-0.4, -0.2) is 52.8 Å². The first kappa shape index (κ1) is 20.1. The Bertz CT molecular complexity index is 867. The van der Waals surface area contributed by atoms with Gasteiger partial charge in [0.25, 0.3) is 0 Å². The van der Waals surface area contributed by atoms with E-state index in [4.69, 9.17) is 4.74 Å². The second-order valence-electron chi connectivity index (χ2n) is 8.57. The van der Waals surface area contributed by atoms with Crippen LogP contribution in [0.1, 0.15) is 43.8 Å². The minimum absolute atomic E-state index is 0.111. The highest BCUT2D eigenvalue weighted by molar-refractivity contribution is 5.83. The zero-order chi connectivity index (χ0) is 20.4. The molecule has 2 heterocycles. The highest BCUT2D eigenvalue weighted by Crippen LogP contribution is 2.36. The number of carboxylic acids is 1. The van der Waals surface area contributed by atoms with Crippen molar-refractivity contribution in [3.63, 3.8) is 0 Å². The monoisotopic (exact) mass is 398 g/mol. The predicted molar refractivity (Wildman–Crippen MR) is 111 cm³/mol. The van der Waals surface area contributed by atoms with E-state index >= 15 is 0 Å². The van der Waals surface area contributed by atoms with Crippen LogP contribution in [0.4, 0.5) is 0 Å². The Balaban J connectivity index is 1.42. The van der Waals surface area contributed by atoms with Crippen LogP contribution < -0.4 is 4.74 Å². The van der Waals surface area contributed by atoms with E-state index in [9.17, 15) is 15.0 Å². The zero-order valence-corrected chi connectivity index (χ0v) is 17.0. The summed E-state index contributed by atoms with van der Waals surface area (Å²) in [5, 5.41) is 21.5. The normalized spacial score (nSPS) is 23.8. The van der Waals surface area contributed by atoms with Crippen molar-refractivity contribution >= 4 is 16.9 Å². The topological polar surface area (TPSA) is 82.9 Å². The van der Waals surface area contributed by atoms with Crippen LogP contribution in [0, 0.1) is 17.8 Å². The van der Waals surface area contributed by atoms with Crippen molar-refractivity contribution in [3.8, 4) is 5.75 Å². The van der Waals surface area contributed by atoms with Gasteiger partial charge >= 0.3 is 5.97 Å². The molecule has 0 unspecified atom stereocenters. The number of fused-ring (bicyclic) bond motifs is 1. The first-order valence-corrected chi connectivity index (χ1v) is 10.6. The number of aliphatic carboxylic acids is 1. The number of ether oxygens (including phenoxy) is 1. The molecule has 0 radical (unpaired) electrons. The third kappa shape index (κ3) is 4.70. The molecule has 1 aliphatic heterocycles. The number of hydrogen-bond donors (Lipinski definition) is 2. The van der Waals surface area contributed by atoms with E-state index in [2.05, 4.69) is 9.88 Å². The number of aliphatic hydroxyl groups excluding tert-OH is 1. The highest BCUT2D eigenvalue weighted by atomic mass is 16.5. The quantitative estimate of drug-likeness (QED) is 0.708. The molecule has 0 amide bonds. The second kappa shape index (κ2) is 8.67. The maximum Gasteiger partial charge on any atom is 0.308 e. The zero-order valence-electron chi connectivity index (χ0n) is 17.0. The molecule has 1 saturated heterocycles. The van der Waals surface area contributed by atoms with Gasteiger partial charge in [0, 0.05) is 24.7 Å². The summed E-state index contributed by atoms with van der Waals surface area (Å²) in [6.07, 6.45) is 5.79. The molecular weight excluding hydrogens is 368 g/mol. The number of rotatable bonds is 8. The Morgan fingerprint density at radius 3 is 2.86 bits per heavy atom. The first-order valence-electron chi connectivity index (χ1n) is 10.6. The minimum atomic E-state index is -0.705. The lowest BCUT2D eigenvalue weighted by atomic mass is 9.81. The van der Waals surface area contributed by atoms with Gasteiger partial charge in [-0.05, 0) is 80.3 Å². The van der Waals surface area contributed by atoms with Crippen LogP contribution in [-0.2, 0) is 4.79 Å². The van der Waals surface area contributed by atoms with Gasteiger partial charge in [-0.15, -0.1) is 0 Å². The van der Waals surface area contributed by atoms with Gasteiger partial charge in [0.05, 0.1) is 24.6 Å². The van der Waals surface area contributed by atoms with Crippen molar-refractivity contribution in [1.29, 1.82) is 0 Å². The van der Waals surface area contributed by atoms with Gasteiger partial charge < -0.3 is 19.8 Å². The fourth-order valence-corrected chi connectivity index (χ4v) is 4.62. The molecule has 156 valence electrons. The maximum atomic E-state index is 11.9. The molecular formula is C23H30N2O4. The van der Waals surface area contributed by atoms with Crippen molar-refractivity contribution in [1.82, 2.24) is 9.88 Å². The standard InChI is InChI=1S/C23H30N2O4/c1-29-17-5-6-21-19(12-17)18(8-10-24-21)22(26)7-4-16-9-11-25(13-15-2-3-15)14-20(16)23(27)28/h5-6,8,10,12,15-16,20,22,26H,2-4,7,9,11,13-14H2,1H3,(H,27,28)/t16-,20+,22-/m1/s1. The molecule has 1 aliphatic carbocycles. The number of pyridine rings is 1. The van der Waals surface area contributed by atoms with Crippen molar-refractivity contribution in [2.75, 3.05) is 26.7 Å². The lowest BCUT2D eigenvalue weighted by Crippen LogP contribution is -2.44. The molecule has 1 saturated carbocycles. The van der Waals surface area contributed by atoms with E-state index in [1.54, 1.807) is 13.3 Å². The molecule has 0 spiro atoms. The number of likely N-dealkylation sites (tertiary alicyclic amines) is 1. The second-order valence-corrected chi connectivity index (χ2v) is 8.57. The van der Waals surface area contributed by atoms with Crippen molar-refractivity contribution in [3.05, 3.63) is 36.0 Å². The summed E-state index contributed by atoms with van der Waals surface area (Å²) in [5.41, 5.74) is 1.64. The largest absolute Gasteiger partial charge is 0.497 e. The van der Waals surface area contributed by atoms with Crippen LogP contribution in [0.25, 0.3) is 10.9 Å². The van der Waals surface area contributed by atoms with E-state index < -0.39 is 12.1 Å². The number of carboxylic acid groups (broad SMARTS) is 1. The van der Waals surface area contributed by atoms with E-state index in [1.165, 1.54) is 12.8 Å². The molecule has 2 fully saturated rings. The number of piperidine rings is 1. The number of methoxy groups -OCH3 is 1. The number of aromatic nitrogens is 1. The molecule has 2 aromatic rings. The lowest BCUT2D eigenvalue weighted by Gasteiger charge is -2.37. The molecule has 6 heteroatoms. The van der Waals surface area contributed by atoms with Gasteiger partial charge in [-0.3, -0.25) is 9.78 Å². The molecule has 3 atom stereocenters. The fraction of sp³-hybridized carbons (Fsp3) is 0.565. The van der Waals surface area contributed by atoms with Gasteiger partial charge in [-0.2, -0.15) is 0 Å². The summed E-state index contributed by atoms with van der Waals surface area (Å²) in [6.45, 7) is 2.66. The molecule has 29 heavy (non-hydrogen) atoms. The average molecular weight is 399 g/mol. The summed E-state index contributed by atoms with van der Waals surface area (Å²) < 4.78 is 5.32. The molecule has 1 aromatic carbocycles. The third-order valence-electron chi connectivity index (χ3n) is 6.52. The molecule has 2 aliphatic rings. The number of benzene rings is 1. The van der Waals surface area contributed by atoms with Crippen LogP contribution in [0.15, 0.2) is 30.5 Å². The Kier molecular flexibility index (Phi) is 6.01. The number of carbonyl (C=O) groups is 1. The van der Waals surface area contributed by atoms with Crippen molar-refractivity contribution < 1.29 is 19.7 Å². The van der Waals surface area contributed by atoms with Crippen LogP contribution in [0.5, 0.6) is 5.75 Å². The molecule has 2 N–H and O–H groups in total. The molecule has 1 aromatic heterocycles. The highest BCUT2D eigenvalue weighted by Gasteiger charge is 2.36. The van der Waals surface area contributed by atoms with Gasteiger partial charge in [0.1, 0.15) is 5.75 Å². The van der Waals surface area contributed by atoms with E-state index in [0.29, 0.717) is 19.4 Å². The third-order valence-corrected chi connectivity index (χ3v) is 6.52. The predicted octanol–water partition coefficient (Wildman–Crippen LogP) is 3.49. The minimum Gasteiger partial charge on any atom is -0.497 e. The van der Waals surface area contributed by atoms with Gasteiger partial charge in [0.2, 0.25) is 0 Å². The van der Waals surface area contributed by atoms with Crippen molar-refractivity contribution in [2.45, 2.75) is 38.2 Å². The Hall–Kier alpha value is -2.18. The molecule has 0 bridgehead atoms. The van der Waals surface area contributed by atoms with E-state index in [-0.39, 0.29) is 11.8 Å². The summed E-state index contributed by atoms with van der Waals surface area (Å²) >= 11 is 0. The fourth-order valence-electron chi connectivity index (χ4n) is 4.62. The van der Waals surface area contributed by atoms with Gasteiger partial charge in [-0.25, -0.2) is 0 Å². The van der Waals surface area contributed by atoms with E-state index in [0.717, 1.165) is 47.6 Å². The Labute approximate surface area is 171 Å². The van der Waals surface area contributed by atoms with E-state index in [1.807, 2.05) is 24.3 Å². The first-order chi connectivity index (χ1) is 14.0. The Morgan fingerprint density at radius 1 is 1.31 bits per heavy atom. The smallest absolute Gasteiger partial charge is 0.308 e. The Morgan fingerprint density at radius 2 is 2.14 bits per heavy atom. The van der Waals surface area contributed by atoms with Gasteiger partial charge in [0.15, 0.2) is 0 Å². The maximum absolute atomic E-state index is 11.9. The van der Waals surface area contributed by atoms with Crippen molar-refractivity contribution in [2.24, 2.45) is 17.8 Å². The van der Waals surface area contributed by atoms with Gasteiger partial charge in [-0.1, -0.05) is 0 Å². The summed E-state index contributed by atoms with van der Waals surface area (Å²) in [4.78, 5) is 18.6. The average Bonchev–Trinajstić information content (AvgIpc) is 3.55. The molecule has 6 nitrogen and oxygen atoms in total. The summed E-state index contributed by atoms with van der Waals surface area (Å²) in [5.74, 6) is 0.570. The lowest BCUT2D eigenvalue weighted by molar-refractivity contribution is -0.146. The van der Waals surface area contributed by atoms with Crippen LogP contribution in [0.2, 0.25) is 0 Å². The SMILES string of the molecule is COc1ccc2nccc([C@H](O)CC[C@@H]3CCN(CC4CC4)C[C@@H]3C(=O)O)c2c1. The number of hydrogen-bond acceptors (Lipinski definition) is 5. The summed E-state index contributed by atoms with van der Waals surface area (Å²) in [6, 6.07) is 7.50.